The van der Waals surface area contributed by atoms with Crippen LogP contribution in [0.25, 0.3) is 0 Å². The van der Waals surface area contributed by atoms with Crippen molar-refractivity contribution in [1.29, 1.82) is 0 Å². The Hall–Kier alpha value is -0.0800. The van der Waals surface area contributed by atoms with Gasteiger partial charge in [-0.25, -0.2) is 0 Å². The van der Waals surface area contributed by atoms with Crippen LogP contribution in [0.5, 0.6) is 0 Å². The lowest BCUT2D eigenvalue weighted by atomic mass is 9.68. The van der Waals surface area contributed by atoms with Crippen molar-refractivity contribution >= 4 is 0 Å². The Morgan fingerprint density at radius 1 is 0.667 bits per heavy atom. The van der Waals surface area contributed by atoms with E-state index in [-0.39, 0.29) is 0 Å². The van der Waals surface area contributed by atoms with Gasteiger partial charge in [0, 0.05) is 12.6 Å². The molecule has 2 nitrogen and oxygen atoms in total. The lowest BCUT2D eigenvalue weighted by Crippen LogP contribution is -2.50. The van der Waals surface area contributed by atoms with Gasteiger partial charge in [-0.3, -0.25) is 10.9 Å². The molecule has 1 aliphatic heterocycles. The lowest BCUT2D eigenvalue weighted by Gasteiger charge is -2.41. The first-order valence-electron chi connectivity index (χ1n) is 8.42. The summed E-state index contributed by atoms with van der Waals surface area (Å²) in [5, 5.41) is 0. The van der Waals surface area contributed by atoms with Crippen LogP contribution in [0.15, 0.2) is 0 Å². The first-order chi connectivity index (χ1) is 8.93. The predicted octanol–water partition coefficient (Wildman–Crippen LogP) is 3.10. The van der Waals surface area contributed by atoms with Gasteiger partial charge in [0.05, 0.1) is 0 Å². The summed E-state index contributed by atoms with van der Waals surface area (Å²) in [4.78, 5) is 0. The van der Waals surface area contributed by atoms with Gasteiger partial charge in [-0.2, -0.15) is 0 Å². The molecule has 4 aliphatic rings. The normalized spacial score (nSPS) is 52.0. The van der Waals surface area contributed by atoms with Gasteiger partial charge in [-0.15, -0.1) is 0 Å². The Kier molecular flexibility index (Phi) is 3.12. The summed E-state index contributed by atoms with van der Waals surface area (Å²) in [5.74, 6) is 5.25. The third kappa shape index (κ3) is 1.84. The Bertz CT molecular complexity index is 303. The molecule has 0 radical (unpaired) electrons. The van der Waals surface area contributed by atoms with Gasteiger partial charge in [-0.1, -0.05) is 19.3 Å². The molecule has 0 spiro atoms. The molecule has 4 rings (SSSR count). The Morgan fingerprint density at radius 3 is 2.56 bits per heavy atom. The van der Waals surface area contributed by atoms with Gasteiger partial charge in [0.2, 0.25) is 0 Å². The van der Waals surface area contributed by atoms with Gasteiger partial charge in [0.15, 0.2) is 0 Å². The second-order valence-electron chi connectivity index (χ2n) is 7.35. The van der Waals surface area contributed by atoms with Crippen molar-refractivity contribution in [3.8, 4) is 0 Å². The van der Waals surface area contributed by atoms with Crippen LogP contribution in [0, 0.1) is 29.6 Å². The second kappa shape index (κ2) is 4.79. The van der Waals surface area contributed by atoms with Gasteiger partial charge in [-0.05, 0) is 68.1 Å². The molecule has 0 aromatic carbocycles. The SMILES string of the molecule is C1CCC2C(C1)CC1C2CCC2CCCNNC21. The third-order valence-electron chi connectivity index (χ3n) is 6.63. The molecule has 0 aromatic rings. The topological polar surface area (TPSA) is 24.1 Å². The van der Waals surface area contributed by atoms with Crippen molar-refractivity contribution in [3.63, 3.8) is 0 Å². The molecule has 2 heteroatoms. The molecule has 1 heterocycles. The number of hydrogen-bond acceptors (Lipinski definition) is 2. The maximum atomic E-state index is 3.71. The first-order valence-corrected chi connectivity index (χ1v) is 8.42. The quantitative estimate of drug-likeness (QED) is 0.688. The van der Waals surface area contributed by atoms with E-state index in [9.17, 15) is 0 Å². The van der Waals surface area contributed by atoms with E-state index in [2.05, 4.69) is 10.9 Å². The molecule has 3 aliphatic carbocycles. The smallest absolute Gasteiger partial charge is 0.0272 e. The van der Waals surface area contributed by atoms with E-state index in [1.807, 2.05) is 0 Å². The van der Waals surface area contributed by atoms with Crippen LogP contribution < -0.4 is 10.9 Å². The zero-order chi connectivity index (χ0) is 11.9. The van der Waals surface area contributed by atoms with Crippen LogP contribution in [-0.4, -0.2) is 12.6 Å². The summed E-state index contributed by atoms with van der Waals surface area (Å²) in [7, 11) is 0. The minimum absolute atomic E-state index is 0.803. The fourth-order valence-corrected chi connectivity index (χ4v) is 5.90. The average Bonchev–Trinajstić information content (AvgIpc) is 2.62. The molecule has 102 valence electrons. The molecule has 6 unspecified atom stereocenters. The highest BCUT2D eigenvalue weighted by Gasteiger charge is 2.50. The Balaban J connectivity index is 1.55. The van der Waals surface area contributed by atoms with Crippen molar-refractivity contribution in [2.24, 2.45) is 29.6 Å². The standard InChI is InChI=1S/C16H28N2/c1-2-6-13-12(4-1)10-15-14(13)8-7-11-5-3-9-17-18-16(11)15/h11-18H,1-10H2. The minimum atomic E-state index is 0.803. The summed E-state index contributed by atoms with van der Waals surface area (Å²) < 4.78 is 0. The van der Waals surface area contributed by atoms with Gasteiger partial charge >= 0.3 is 0 Å². The number of nitrogens with one attached hydrogen (secondary N) is 2. The largest absolute Gasteiger partial charge is 0.258 e. The Labute approximate surface area is 111 Å². The number of hydrazine groups is 1. The van der Waals surface area contributed by atoms with E-state index >= 15 is 0 Å². The van der Waals surface area contributed by atoms with E-state index in [4.69, 9.17) is 0 Å². The van der Waals surface area contributed by atoms with Crippen molar-refractivity contribution in [3.05, 3.63) is 0 Å². The molecule has 0 aromatic heterocycles. The van der Waals surface area contributed by atoms with Crippen molar-refractivity contribution in [2.75, 3.05) is 6.54 Å². The van der Waals surface area contributed by atoms with Crippen LogP contribution in [0.4, 0.5) is 0 Å². The summed E-state index contributed by atoms with van der Waals surface area (Å²) in [6.07, 6.45) is 13.6. The van der Waals surface area contributed by atoms with E-state index < -0.39 is 0 Å². The van der Waals surface area contributed by atoms with Crippen LogP contribution >= 0.6 is 0 Å². The summed E-state index contributed by atoms with van der Waals surface area (Å²) in [6, 6.07) is 0.803. The highest BCUT2D eigenvalue weighted by Crippen LogP contribution is 2.55. The van der Waals surface area contributed by atoms with Gasteiger partial charge in [0.1, 0.15) is 0 Å². The number of rotatable bonds is 0. The molecule has 6 atom stereocenters. The fourth-order valence-electron chi connectivity index (χ4n) is 5.90. The molecule has 2 N–H and O–H groups in total. The fraction of sp³-hybridized carbons (Fsp3) is 1.00. The molecular formula is C16H28N2. The van der Waals surface area contributed by atoms with Gasteiger partial charge < -0.3 is 0 Å². The van der Waals surface area contributed by atoms with E-state index in [0.29, 0.717) is 0 Å². The van der Waals surface area contributed by atoms with Crippen molar-refractivity contribution in [1.82, 2.24) is 10.9 Å². The molecule has 4 fully saturated rings. The van der Waals surface area contributed by atoms with E-state index in [1.54, 1.807) is 25.7 Å². The maximum absolute atomic E-state index is 3.71. The van der Waals surface area contributed by atoms with E-state index in [0.717, 1.165) is 35.6 Å². The Morgan fingerprint density at radius 2 is 1.56 bits per heavy atom. The average molecular weight is 248 g/mol. The first kappa shape index (κ1) is 11.7. The van der Waals surface area contributed by atoms with Crippen LogP contribution in [0.3, 0.4) is 0 Å². The van der Waals surface area contributed by atoms with Gasteiger partial charge in [0.25, 0.3) is 0 Å². The van der Waals surface area contributed by atoms with Crippen molar-refractivity contribution in [2.45, 2.75) is 63.8 Å². The van der Waals surface area contributed by atoms with Crippen molar-refractivity contribution < 1.29 is 0 Å². The third-order valence-corrected chi connectivity index (χ3v) is 6.63. The van der Waals surface area contributed by atoms with E-state index in [1.165, 1.54) is 38.6 Å². The molecule has 0 amide bonds. The second-order valence-corrected chi connectivity index (χ2v) is 7.35. The molecule has 0 bridgehead atoms. The molecular weight excluding hydrogens is 220 g/mol. The highest BCUT2D eigenvalue weighted by molar-refractivity contribution is 5.02. The number of hydrogen-bond donors (Lipinski definition) is 2. The minimum Gasteiger partial charge on any atom is -0.258 e. The zero-order valence-electron chi connectivity index (χ0n) is 11.5. The zero-order valence-corrected chi connectivity index (χ0v) is 11.5. The monoisotopic (exact) mass is 248 g/mol. The van der Waals surface area contributed by atoms with Crippen LogP contribution in [0.2, 0.25) is 0 Å². The number of fused-ring (bicyclic) bond motifs is 5. The highest BCUT2D eigenvalue weighted by atomic mass is 15.4. The summed E-state index contributed by atoms with van der Waals surface area (Å²) in [6.45, 7) is 1.18. The van der Waals surface area contributed by atoms with Crippen LogP contribution in [0.1, 0.15) is 57.8 Å². The molecule has 18 heavy (non-hydrogen) atoms. The summed E-state index contributed by atoms with van der Waals surface area (Å²) in [5.41, 5.74) is 7.21. The predicted molar refractivity (Wildman–Crippen MR) is 73.9 cm³/mol. The lowest BCUT2D eigenvalue weighted by molar-refractivity contribution is 0.107. The molecule has 1 saturated heterocycles. The molecule has 3 saturated carbocycles. The summed E-state index contributed by atoms with van der Waals surface area (Å²) >= 11 is 0. The van der Waals surface area contributed by atoms with Crippen LogP contribution in [-0.2, 0) is 0 Å². The maximum Gasteiger partial charge on any atom is 0.0272 e.